The van der Waals surface area contributed by atoms with Gasteiger partial charge in [0.15, 0.2) is 5.65 Å². The molecule has 29 heavy (non-hydrogen) atoms. The van der Waals surface area contributed by atoms with Gasteiger partial charge in [0.2, 0.25) is 0 Å². The van der Waals surface area contributed by atoms with Gasteiger partial charge in [0, 0.05) is 37.6 Å². The van der Waals surface area contributed by atoms with Gasteiger partial charge in [-0.1, -0.05) is 0 Å². The van der Waals surface area contributed by atoms with Crippen LogP contribution in [-0.4, -0.2) is 44.7 Å². The summed E-state index contributed by atoms with van der Waals surface area (Å²) in [5.41, 5.74) is 3.18. The van der Waals surface area contributed by atoms with Crippen LogP contribution in [0.1, 0.15) is 41.7 Å². The predicted molar refractivity (Wildman–Crippen MR) is 108 cm³/mol. The van der Waals surface area contributed by atoms with E-state index in [-0.39, 0.29) is 17.8 Å². The molecule has 1 unspecified atom stereocenters. The first kappa shape index (κ1) is 19.3. The van der Waals surface area contributed by atoms with Crippen LogP contribution in [0.25, 0.3) is 11.2 Å². The smallest absolute Gasteiger partial charge is 0.254 e. The molecule has 1 atom stereocenters. The van der Waals surface area contributed by atoms with Crippen molar-refractivity contribution in [1.82, 2.24) is 19.9 Å². The van der Waals surface area contributed by atoms with Crippen LogP contribution in [0.3, 0.4) is 0 Å². The minimum Gasteiger partial charge on any atom is -0.393 e. The number of hydrogen-bond donors (Lipinski definition) is 2. The number of nitrogens with one attached hydrogen (secondary N) is 1. The highest BCUT2D eigenvalue weighted by Gasteiger charge is 2.23. The molecule has 1 fully saturated rings. The van der Waals surface area contributed by atoms with Crippen molar-refractivity contribution in [3.05, 3.63) is 53.7 Å². The number of aromatic nitrogens is 3. The van der Waals surface area contributed by atoms with Gasteiger partial charge in [0.25, 0.3) is 5.91 Å². The maximum Gasteiger partial charge on any atom is 0.254 e. The number of fused-ring (bicyclic) bond motifs is 1. The van der Waals surface area contributed by atoms with Crippen LogP contribution >= 0.6 is 0 Å². The summed E-state index contributed by atoms with van der Waals surface area (Å²) < 4.78 is 15.8. The zero-order valence-corrected chi connectivity index (χ0v) is 16.5. The van der Waals surface area contributed by atoms with Gasteiger partial charge in [-0.05, 0) is 44.0 Å². The number of carbonyl (C=O) groups excluding carboxylic acids is 1. The number of benzene rings is 1. The average Bonchev–Trinajstić information content (AvgIpc) is 3.10. The number of carbonyl (C=O) groups is 1. The SMILES string of the molecule is CC(NC(=O)c1ccnc2c1ncn2C)c1cc(F)ccc1N1CCC(O)CC1. The summed E-state index contributed by atoms with van der Waals surface area (Å²) in [5, 5.41) is 12.7. The molecule has 1 aliphatic rings. The van der Waals surface area contributed by atoms with Crippen molar-refractivity contribution >= 4 is 22.8 Å². The molecular formula is C21H24FN5O2. The Morgan fingerprint density at radius 1 is 1.28 bits per heavy atom. The maximum atomic E-state index is 14.0. The molecular weight excluding hydrogens is 373 g/mol. The molecule has 1 aromatic carbocycles. The zero-order chi connectivity index (χ0) is 20.5. The van der Waals surface area contributed by atoms with Crippen molar-refractivity contribution in [2.24, 2.45) is 7.05 Å². The number of anilines is 1. The van der Waals surface area contributed by atoms with E-state index in [9.17, 15) is 14.3 Å². The fraction of sp³-hybridized carbons (Fsp3) is 0.381. The Morgan fingerprint density at radius 2 is 2.03 bits per heavy atom. The summed E-state index contributed by atoms with van der Waals surface area (Å²) in [7, 11) is 1.82. The van der Waals surface area contributed by atoms with E-state index in [4.69, 9.17) is 0 Å². The fourth-order valence-electron chi connectivity index (χ4n) is 3.83. The minimum atomic E-state index is -0.410. The largest absolute Gasteiger partial charge is 0.393 e. The topological polar surface area (TPSA) is 83.3 Å². The molecule has 152 valence electrons. The van der Waals surface area contributed by atoms with E-state index in [0.717, 1.165) is 5.69 Å². The van der Waals surface area contributed by atoms with Crippen LogP contribution in [-0.2, 0) is 7.05 Å². The van der Waals surface area contributed by atoms with Crippen molar-refractivity contribution in [3.63, 3.8) is 0 Å². The zero-order valence-electron chi connectivity index (χ0n) is 16.5. The van der Waals surface area contributed by atoms with Crippen molar-refractivity contribution in [2.45, 2.75) is 31.9 Å². The predicted octanol–water partition coefficient (Wildman–Crippen LogP) is 2.56. The van der Waals surface area contributed by atoms with E-state index in [1.807, 2.05) is 14.0 Å². The molecule has 0 saturated carbocycles. The highest BCUT2D eigenvalue weighted by atomic mass is 19.1. The molecule has 1 aliphatic heterocycles. The second-order valence-corrected chi connectivity index (χ2v) is 7.50. The van der Waals surface area contributed by atoms with Crippen LogP contribution < -0.4 is 10.2 Å². The molecule has 0 aliphatic carbocycles. The van der Waals surface area contributed by atoms with Gasteiger partial charge in [-0.2, -0.15) is 0 Å². The molecule has 2 aromatic heterocycles. The molecule has 0 spiro atoms. The molecule has 8 heteroatoms. The normalized spacial score (nSPS) is 16.2. The van der Waals surface area contributed by atoms with E-state index < -0.39 is 6.04 Å². The molecule has 3 heterocycles. The lowest BCUT2D eigenvalue weighted by atomic mass is 10.0. The first-order chi connectivity index (χ1) is 13.9. The standard InChI is InChI=1S/C21H24FN5O2/c1-13(25-21(29)16-5-8-23-20-19(16)24-12-26(20)2)17-11-14(22)3-4-18(17)27-9-6-15(28)7-10-27/h3-5,8,11-13,15,28H,6-7,9-10H2,1-2H3,(H,25,29). The third-order valence-electron chi connectivity index (χ3n) is 5.45. The molecule has 2 N–H and O–H groups in total. The van der Waals surface area contributed by atoms with Gasteiger partial charge in [-0.15, -0.1) is 0 Å². The molecule has 4 rings (SSSR count). The summed E-state index contributed by atoms with van der Waals surface area (Å²) in [4.78, 5) is 23.6. The Morgan fingerprint density at radius 3 is 2.79 bits per heavy atom. The van der Waals surface area contributed by atoms with Crippen LogP contribution in [0, 0.1) is 5.82 Å². The lowest BCUT2D eigenvalue weighted by Gasteiger charge is -2.34. The van der Waals surface area contributed by atoms with E-state index in [1.165, 1.54) is 12.1 Å². The van der Waals surface area contributed by atoms with Crippen molar-refractivity contribution < 1.29 is 14.3 Å². The monoisotopic (exact) mass is 397 g/mol. The second-order valence-electron chi connectivity index (χ2n) is 7.50. The number of halogens is 1. The van der Waals surface area contributed by atoms with Gasteiger partial charge in [0.1, 0.15) is 11.3 Å². The maximum absolute atomic E-state index is 14.0. The van der Waals surface area contributed by atoms with Gasteiger partial charge in [-0.3, -0.25) is 4.79 Å². The number of pyridine rings is 1. The fourth-order valence-corrected chi connectivity index (χ4v) is 3.83. The van der Waals surface area contributed by atoms with Gasteiger partial charge >= 0.3 is 0 Å². The van der Waals surface area contributed by atoms with E-state index in [1.54, 1.807) is 29.2 Å². The van der Waals surface area contributed by atoms with Crippen LogP contribution in [0.15, 0.2) is 36.8 Å². The number of amides is 1. The van der Waals surface area contributed by atoms with Crippen molar-refractivity contribution in [3.8, 4) is 0 Å². The number of aryl methyl sites for hydroxylation is 1. The minimum absolute atomic E-state index is 0.284. The Balaban J connectivity index is 1.60. The summed E-state index contributed by atoms with van der Waals surface area (Å²) >= 11 is 0. The van der Waals surface area contributed by atoms with Crippen molar-refractivity contribution in [2.75, 3.05) is 18.0 Å². The molecule has 7 nitrogen and oxygen atoms in total. The quantitative estimate of drug-likeness (QED) is 0.707. The summed E-state index contributed by atoms with van der Waals surface area (Å²) in [6.45, 7) is 3.23. The van der Waals surface area contributed by atoms with E-state index in [2.05, 4.69) is 20.2 Å². The highest BCUT2D eigenvalue weighted by molar-refractivity contribution is 6.04. The Hall–Kier alpha value is -3.00. The molecule has 1 saturated heterocycles. The number of piperidine rings is 1. The average molecular weight is 397 g/mol. The van der Waals surface area contributed by atoms with Gasteiger partial charge in [0.05, 0.1) is 24.0 Å². The van der Waals surface area contributed by atoms with E-state index >= 15 is 0 Å². The first-order valence-corrected chi connectivity index (χ1v) is 9.73. The molecule has 3 aromatic rings. The number of nitrogens with zero attached hydrogens (tertiary/aromatic N) is 4. The number of aliphatic hydroxyl groups is 1. The van der Waals surface area contributed by atoms with Crippen LogP contribution in [0.5, 0.6) is 0 Å². The van der Waals surface area contributed by atoms with Crippen LogP contribution in [0.4, 0.5) is 10.1 Å². The Kier molecular flexibility index (Phi) is 5.19. The third-order valence-corrected chi connectivity index (χ3v) is 5.45. The first-order valence-electron chi connectivity index (χ1n) is 9.73. The molecule has 0 bridgehead atoms. The third kappa shape index (κ3) is 3.80. The number of rotatable bonds is 4. The number of imidazole rings is 1. The summed E-state index contributed by atoms with van der Waals surface area (Å²) in [6, 6.07) is 5.86. The number of aliphatic hydroxyl groups excluding tert-OH is 1. The number of hydrogen-bond acceptors (Lipinski definition) is 5. The Labute approximate surface area is 168 Å². The summed E-state index contributed by atoms with van der Waals surface area (Å²) in [5.74, 6) is -0.634. The van der Waals surface area contributed by atoms with Gasteiger partial charge < -0.3 is 19.9 Å². The highest BCUT2D eigenvalue weighted by Crippen LogP contribution is 2.30. The molecule has 1 amide bonds. The Bertz CT molecular complexity index is 1040. The van der Waals surface area contributed by atoms with Crippen molar-refractivity contribution in [1.29, 1.82) is 0 Å². The van der Waals surface area contributed by atoms with E-state index in [0.29, 0.717) is 48.2 Å². The lowest BCUT2D eigenvalue weighted by Crippen LogP contribution is -2.37. The second kappa shape index (κ2) is 7.79. The summed E-state index contributed by atoms with van der Waals surface area (Å²) in [6.07, 6.45) is 4.25. The lowest BCUT2D eigenvalue weighted by molar-refractivity contribution is 0.0941. The van der Waals surface area contributed by atoms with Crippen LogP contribution in [0.2, 0.25) is 0 Å². The van der Waals surface area contributed by atoms with Gasteiger partial charge in [-0.25, -0.2) is 14.4 Å². The molecule has 0 radical (unpaired) electrons.